The number of ether oxygens (including phenoxy) is 2. The second-order valence-electron chi connectivity index (χ2n) is 4.88. The molecule has 5 nitrogen and oxygen atoms in total. The number of carbonyl (C=O) groups is 1. The van der Waals surface area contributed by atoms with E-state index in [0.29, 0.717) is 24.5 Å². The summed E-state index contributed by atoms with van der Waals surface area (Å²) in [5.41, 5.74) is 0.988. The normalized spacial score (nSPS) is 12.9. The van der Waals surface area contributed by atoms with Crippen LogP contribution in [0.3, 0.4) is 0 Å². The number of rotatable bonds is 7. The maximum atomic E-state index is 11.9. The fourth-order valence-electron chi connectivity index (χ4n) is 1.95. The molecule has 1 aromatic rings. The highest BCUT2D eigenvalue weighted by atomic mass is 16.5. The Hall–Kier alpha value is -2.22. The van der Waals surface area contributed by atoms with Gasteiger partial charge in [-0.2, -0.15) is 5.26 Å². The van der Waals surface area contributed by atoms with Crippen LogP contribution in [0.25, 0.3) is 0 Å². The molecule has 21 heavy (non-hydrogen) atoms. The van der Waals surface area contributed by atoms with E-state index in [1.165, 1.54) is 0 Å². The molecular weight excluding hydrogens is 268 g/mol. The zero-order valence-electron chi connectivity index (χ0n) is 13.0. The standard InChI is InChI=1S/C16H22N2O3/c1-5-21-14-7-6-13(9-15(14)20-4)8-11(2)16(19)18-12(3)10-17/h6-7,9,11-12H,5,8H2,1-4H3,(H,18,19). The van der Waals surface area contributed by atoms with Crippen LogP contribution in [0.5, 0.6) is 11.5 Å². The van der Waals surface area contributed by atoms with E-state index in [2.05, 4.69) is 5.32 Å². The number of nitriles is 1. The van der Waals surface area contributed by atoms with Crippen molar-refractivity contribution in [2.24, 2.45) is 5.92 Å². The molecule has 0 bridgehead atoms. The van der Waals surface area contributed by atoms with Crippen molar-refractivity contribution in [2.45, 2.75) is 33.2 Å². The molecule has 1 N–H and O–H groups in total. The average molecular weight is 290 g/mol. The smallest absolute Gasteiger partial charge is 0.224 e. The quantitative estimate of drug-likeness (QED) is 0.836. The van der Waals surface area contributed by atoms with Crippen LogP contribution in [-0.2, 0) is 11.2 Å². The monoisotopic (exact) mass is 290 g/mol. The number of amides is 1. The van der Waals surface area contributed by atoms with E-state index in [-0.39, 0.29) is 11.8 Å². The Balaban J connectivity index is 2.74. The molecule has 1 aromatic carbocycles. The third-order valence-electron chi connectivity index (χ3n) is 3.07. The van der Waals surface area contributed by atoms with Crippen molar-refractivity contribution < 1.29 is 14.3 Å². The summed E-state index contributed by atoms with van der Waals surface area (Å²) in [6.45, 7) is 5.98. The Morgan fingerprint density at radius 1 is 1.38 bits per heavy atom. The Labute approximate surface area is 125 Å². The van der Waals surface area contributed by atoms with Gasteiger partial charge in [0.05, 0.1) is 19.8 Å². The van der Waals surface area contributed by atoms with Gasteiger partial charge in [-0.3, -0.25) is 4.79 Å². The fourth-order valence-corrected chi connectivity index (χ4v) is 1.95. The van der Waals surface area contributed by atoms with Gasteiger partial charge in [-0.25, -0.2) is 0 Å². The van der Waals surface area contributed by atoms with Gasteiger partial charge in [0.25, 0.3) is 0 Å². The molecule has 0 spiro atoms. The molecule has 5 heteroatoms. The largest absolute Gasteiger partial charge is 0.493 e. The van der Waals surface area contributed by atoms with Crippen molar-refractivity contribution >= 4 is 5.91 Å². The van der Waals surface area contributed by atoms with Gasteiger partial charge in [0.2, 0.25) is 5.91 Å². The van der Waals surface area contributed by atoms with E-state index in [1.54, 1.807) is 14.0 Å². The number of nitrogens with one attached hydrogen (secondary N) is 1. The first-order valence-electron chi connectivity index (χ1n) is 7.01. The lowest BCUT2D eigenvalue weighted by molar-refractivity contribution is -0.124. The summed E-state index contributed by atoms with van der Waals surface area (Å²) < 4.78 is 10.8. The molecule has 1 rings (SSSR count). The number of hydrogen-bond donors (Lipinski definition) is 1. The van der Waals surface area contributed by atoms with Gasteiger partial charge in [0, 0.05) is 5.92 Å². The van der Waals surface area contributed by atoms with Crippen LogP contribution >= 0.6 is 0 Å². The van der Waals surface area contributed by atoms with E-state index in [1.807, 2.05) is 38.1 Å². The summed E-state index contributed by atoms with van der Waals surface area (Å²) in [6, 6.07) is 7.16. The summed E-state index contributed by atoms with van der Waals surface area (Å²) >= 11 is 0. The maximum absolute atomic E-state index is 11.9. The van der Waals surface area contributed by atoms with Crippen molar-refractivity contribution in [3.8, 4) is 17.6 Å². The van der Waals surface area contributed by atoms with Crippen LogP contribution in [0, 0.1) is 17.2 Å². The van der Waals surface area contributed by atoms with E-state index < -0.39 is 6.04 Å². The summed E-state index contributed by atoms with van der Waals surface area (Å²) in [4.78, 5) is 11.9. The molecule has 0 aliphatic rings. The fraction of sp³-hybridized carbons (Fsp3) is 0.500. The minimum Gasteiger partial charge on any atom is -0.493 e. The highest BCUT2D eigenvalue weighted by Crippen LogP contribution is 2.28. The van der Waals surface area contributed by atoms with E-state index in [4.69, 9.17) is 14.7 Å². The Morgan fingerprint density at radius 2 is 2.10 bits per heavy atom. The molecule has 1 amide bonds. The molecule has 0 radical (unpaired) electrons. The zero-order chi connectivity index (χ0) is 15.8. The van der Waals surface area contributed by atoms with Crippen molar-refractivity contribution in [3.63, 3.8) is 0 Å². The van der Waals surface area contributed by atoms with Gasteiger partial charge in [0.15, 0.2) is 11.5 Å². The molecule has 0 heterocycles. The first kappa shape index (κ1) is 16.8. The summed E-state index contributed by atoms with van der Waals surface area (Å²) in [5.74, 6) is 1.01. The summed E-state index contributed by atoms with van der Waals surface area (Å²) in [6.07, 6.45) is 0.576. The van der Waals surface area contributed by atoms with Crippen LogP contribution in [0.4, 0.5) is 0 Å². The lowest BCUT2D eigenvalue weighted by Gasteiger charge is -2.15. The minimum atomic E-state index is -0.477. The van der Waals surface area contributed by atoms with Crippen molar-refractivity contribution in [1.29, 1.82) is 5.26 Å². The van der Waals surface area contributed by atoms with Gasteiger partial charge >= 0.3 is 0 Å². The summed E-state index contributed by atoms with van der Waals surface area (Å²) in [7, 11) is 1.59. The van der Waals surface area contributed by atoms with Crippen molar-refractivity contribution in [1.82, 2.24) is 5.32 Å². The molecule has 0 fully saturated rings. The predicted molar refractivity (Wildman–Crippen MR) is 80.2 cm³/mol. The second kappa shape index (κ2) is 8.15. The van der Waals surface area contributed by atoms with Crippen molar-refractivity contribution in [2.75, 3.05) is 13.7 Å². The van der Waals surface area contributed by atoms with E-state index >= 15 is 0 Å². The first-order valence-corrected chi connectivity index (χ1v) is 7.01. The zero-order valence-corrected chi connectivity index (χ0v) is 13.0. The minimum absolute atomic E-state index is 0.128. The van der Waals surface area contributed by atoms with Crippen LogP contribution in [0.2, 0.25) is 0 Å². The lowest BCUT2D eigenvalue weighted by Crippen LogP contribution is -2.36. The number of methoxy groups -OCH3 is 1. The predicted octanol–water partition coefficient (Wildman–Crippen LogP) is 2.30. The highest BCUT2D eigenvalue weighted by Gasteiger charge is 2.16. The van der Waals surface area contributed by atoms with Crippen LogP contribution < -0.4 is 14.8 Å². The maximum Gasteiger partial charge on any atom is 0.224 e. The molecule has 0 aliphatic carbocycles. The van der Waals surface area contributed by atoms with Gasteiger partial charge in [-0.05, 0) is 38.0 Å². The average Bonchev–Trinajstić information content (AvgIpc) is 2.48. The Bertz CT molecular complexity index is 523. The molecule has 0 saturated carbocycles. The number of nitrogens with zero attached hydrogens (tertiary/aromatic N) is 1. The van der Waals surface area contributed by atoms with Crippen LogP contribution in [-0.4, -0.2) is 25.7 Å². The van der Waals surface area contributed by atoms with E-state index in [9.17, 15) is 4.79 Å². The topological polar surface area (TPSA) is 71.3 Å². The van der Waals surface area contributed by atoms with Crippen LogP contribution in [0.15, 0.2) is 18.2 Å². The second-order valence-corrected chi connectivity index (χ2v) is 4.88. The van der Waals surface area contributed by atoms with Gasteiger partial charge in [-0.15, -0.1) is 0 Å². The number of hydrogen-bond acceptors (Lipinski definition) is 4. The van der Waals surface area contributed by atoms with E-state index in [0.717, 1.165) is 5.56 Å². The number of benzene rings is 1. The van der Waals surface area contributed by atoms with Gasteiger partial charge in [0.1, 0.15) is 6.04 Å². The summed E-state index contributed by atoms with van der Waals surface area (Å²) in [5, 5.41) is 11.4. The Morgan fingerprint density at radius 3 is 2.67 bits per heavy atom. The molecule has 0 aliphatic heterocycles. The third-order valence-corrected chi connectivity index (χ3v) is 3.07. The van der Waals surface area contributed by atoms with Crippen LogP contribution in [0.1, 0.15) is 26.3 Å². The SMILES string of the molecule is CCOc1ccc(CC(C)C(=O)NC(C)C#N)cc1OC. The first-order chi connectivity index (χ1) is 10.0. The molecule has 0 aromatic heterocycles. The van der Waals surface area contributed by atoms with Gasteiger partial charge in [-0.1, -0.05) is 13.0 Å². The Kier molecular flexibility index (Phi) is 6.54. The molecular formula is C16H22N2O3. The molecule has 2 atom stereocenters. The molecule has 0 saturated heterocycles. The lowest BCUT2D eigenvalue weighted by atomic mass is 9.99. The molecule has 2 unspecified atom stereocenters. The highest BCUT2D eigenvalue weighted by molar-refractivity contribution is 5.79. The third kappa shape index (κ3) is 4.99. The van der Waals surface area contributed by atoms with Gasteiger partial charge < -0.3 is 14.8 Å². The van der Waals surface area contributed by atoms with Crippen molar-refractivity contribution in [3.05, 3.63) is 23.8 Å². The molecule has 114 valence electrons. The number of carbonyl (C=O) groups excluding carboxylic acids is 1.